The first-order valence-electron chi connectivity index (χ1n) is 6.26. The highest BCUT2D eigenvalue weighted by atomic mass is 19.1. The van der Waals surface area contributed by atoms with Crippen LogP contribution in [0.3, 0.4) is 0 Å². The summed E-state index contributed by atoms with van der Waals surface area (Å²) in [6.07, 6.45) is -0.0176. The second-order valence-corrected chi connectivity index (χ2v) is 4.48. The average Bonchev–Trinajstić information content (AvgIpc) is 2.87. The van der Waals surface area contributed by atoms with Crippen LogP contribution >= 0.6 is 0 Å². The van der Waals surface area contributed by atoms with Crippen molar-refractivity contribution in [3.8, 4) is 0 Å². The Labute approximate surface area is 120 Å². The zero-order valence-corrected chi connectivity index (χ0v) is 11.4. The number of aryl methyl sites for hydroxylation is 1. The molecule has 0 radical (unpaired) electrons. The number of hydrogen-bond donors (Lipinski definition) is 1. The van der Waals surface area contributed by atoms with Crippen LogP contribution in [0.5, 0.6) is 0 Å². The first-order valence-corrected chi connectivity index (χ1v) is 6.26. The Morgan fingerprint density at radius 3 is 2.52 bits per heavy atom. The van der Waals surface area contributed by atoms with E-state index < -0.39 is 17.6 Å². The molecular weight excluding hydrogens is 277 g/mol. The molecule has 0 bridgehead atoms. The van der Waals surface area contributed by atoms with Gasteiger partial charge in [0, 0.05) is 24.7 Å². The summed E-state index contributed by atoms with van der Waals surface area (Å²) in [6, 6.07) is 6.83. The van der Waals surface area contributed by atoms with Gasteiger partial charge in [0.15, 0.2) is 0 Å². The highest BCUT2D eigenvalue weighted by Crippen LogP contribution is 2.18. The fourth-order valence-corrected chi connectivity index (χ4v) is 1.79. The quantitative estimate of drug-likeness (QED) is 0.907. The number of hydrogen-bond acceptors (Lipinski definition) is 4. The summed E-state index contributed by atoms with van der Waals surface area (Å²) < 4.78 is 17.9. The second-order valence-electron chi connectivity index (χ2n) is 4.48. The predicted octanol–water partition coefficient (Wildman–Crippen LogP) is 1.64. The first kappa shape index (κ1) is 14.7. The van der Waals surface area contributed by atoms with E-state index in [1.165, 1.54) is 35.2 Å². The smallest absolute Gasteiger partial charge is 0.296 e. The average molecular weight is 291 g/mol. The summed E-state index contributed by atoms with van der Waals surface area (Å²) in [5.41, 5.74) is 6.12. The van der Waals surface area contributed by atoms with Gasteiger partial charge in [-0.1, -0.05) is 5.16 Å². The Kier molecular flexibility index (Phi) is 4.32. The van der Waals surface area contributed by atoms with Gasteiger partial charge in [0.2, 0.25) is 11.7 Å². The molecule has 0 aliphatic rings. The number of carbonyl (C=O) groups is 2. The number of halogens is 1. The maximum Gasteiger partial charge on any atom is 0.296 e. The zero-order valence-electron chi connectivity index (χ0n) is 11.4. The van der Waals surface area contributed by atoms with Crippen molar-refractivity contribution in [3.05, 3.63) is 47.6 Å². The van der Waals surface area contributed by atoms with Crippen LogP contribution < -0.4 is 10.6 Å². The van der Waals surface area contributed by atoms with Crippen molar-refractivity contribution in [1.82, 2.24) is 5.16 Å². The zero-order chi connectivity index (χ0) is 15.4. The summed E-state index contributed by atoms with van der Waals surface area (Å²) >= 11 is 0. The third-order valence-corrected chi connectivity index (χ3v) is 2.80. The van der Waals surface area contributed by atoms with Gasteiger partial charge < -0.3 is 15.2 Å². The van der Waals surface area contributed by atoms with Crippen LogP contribution in [-0.2, 0) is 4.79 Å². The van der Waals surface area contributed by atoms with E-state index >= 15 is 0 Å². The lowest BCUT2D eigenvalue weighted by molar-refractivity contribution is -0.117. The van der Waals surface area contributed by atoms with Crippen molar-refractivity contribution >= 4 is 17.5 Å². The van der Waals surface area contributed by atoms with Crippen LogP contribution in [-0.4, -0.2) is 23.5 Å². The van der Waals surface area contributed by atoms with E-state index in [4.69, 9.17) is 10.3 Å². The molecule has 2 amide bonds. The van der Waals surface area contributed by atoms with E-state index in [1.807, 2.05) is 0 Å². The van der Waals surface area contributed by atoms with Gasteiger partial charge in [-0.25, -0.2) is 4.39 Å². The molecular formula is C14H14FN3O3. The minimum atomic E-state index is -0.538. The Balaban J connectivity index is 2.28. The Hall–Kier alpha value is -2.70. The molecule has 0 aliphatic carbocycles. The molecule has 2 N–H and O–H groups in total. The summed E-state index contributed by atoms with van der Waals surface area (Å²) in [7, 11) is 0. The minimum absolute atomic E-state index is 0.0176. The molecule has 0 aliphatic heterocycles. The molecule has 2 aromatic rings. The molecule has 0 spiro atoms. The molecule has 0 saturated carbocycles. The van der Waals surface area contributed by atoms with E-state index in [0.29, 0.717) is 11.4 Å². The van der Waals surface area contributed by atoms with E-state index in [-0.39, 0.29) is 18.7 Å². The third kappa shape index (κ3) is 3.65. The number of nitrogens with two attached hydrogens (primary N) is 1. The van der Waals surface area contributed by atoms with Gasteiger partial charge in [0.1, 0.15) is 5.82 Å². The molecule has 2 rings (SSSR count). The molecule has 21 heavy (non-hydrogen) atoms. The number of aromatic nitrogens is 1. The monoisotopic (exact) mass is 291 g/mol. The molecule has 1 aromatic heterocycles. The van der Waals surface area contributed by atoms with Crippen LogP contribution in [0.4, 0.5) is 10.1 Å². The van der Waals surface area contributed by atoms with Crippen molar-refractivity contribution in [2.75, 3.05) is 11.4 Å². The minimum Gasteiger partial charge on any atom is -0.370 e. The molecule has 0 fully saturated rings. The molecule has 110 valence electrons. The van der Waals surface area contributed by atoms with Crippen molar-refractivity contribution < 1.29 is 18.5 Å². The third-order valence-electron chi connectivity index (χ3n) is 2.80. The molecule has 6 nitrogen and oxygen atoms in total. The molecule has 7 heteroatoms. The lowest BCUT2D eigenvalue weighted by Crippen LogP contribution is -2.33. The van der Waals surface area contributed by atoms with Gasteiger partial charge >= 0.3 is 0 Å². The highest BCUT2D eigenvalue weighted by molar-refractivity contribution is 6.04. The number of rotatable bonds is 5. The Morgan fingerprint density at radius 2 is 2.00 bits per heavy atom. The summed E-state index contributed by atoms with van der Waals surface area (Å²) in [5, 5.41) is 3.65. The van der Waals surface area contributed by atoms with Crippen molar-refractivity contribution in [2.45, 2.75) is 13.3 Å². The van der Waals surface area contributed by atoms with Crippen LogP contribution in [0.2, 0.25) is 0 Å². The summed E-state index contributed by atoms with van der Waals surface area (Å²) in [6.45, 7) is 1.76. The summed E-state index contributed by atoms with van der Waals surface area (Å²) in [4.78, 5) is 24.6. The van der Waals surface area contributed by atoms with E-state index in [2.05, 4.69) is 5.16 Å². The van der Waals surface area contributed by atoms with Crippen LogP contribution in [0.15, 0.2) is 34.9 Å². The van der Waals surface area contributed by atoms with Crippen molar-refractivity contribution in [1.29, 1.82) is 0 Å². The van der Waals surface area contributed by atoms with Crippen molar-refractivity contribution in [2.24, 2.45) is 5.73 Å². The van der Waals surface area contributed by atoms with Gasteiger partial charge in [0.25, 0.3) is 5.91 Å². The number of anilines is 1. The molecule has 0 saturated heterocycles. The molecule has 0 unspecified atom stereocenters. The van der Waals surface area contributed by atoms with Gasteiger partial charge in [-0.2, -0.15) is 0 Å². The highest BCUT2D eigenvalue weighted by Gasteiger charge is 2.22. The van der Waals surface area contributed by atoms with E-state index in [0.717, 1.165) is 0 Å². The van der Waals surface area contributed by atoms with E-state index in [9.17, 15) is 14.0 Å². The standard InChI is InChI=1S/C14H14FN3O3/c1-9-8-12(21-17-9)14(20)18(7-6-13(16)19)11-4-2-10(15)3-5-11/h2-5,8H,6-7H2,1H3,(H2,16,19). The number of carbonyl (C=O) groups excluding carboxylic acids is 2. The molecule has 1 aromatic carbocycles. The Bertz CT molecular complexity index is 652. The fraction of sp³-hybridized carbons (Fsp3) is 0.214. The van der Waals surface area contributed by atoms with Crippen molar-refractivity contribution in [3.63, 3.8) is 0 Å². The molecule has 1 heterocycles. The van der Waals surface area contributed by atoms with Gasteiger partial charge in [-0.05, 0) is 31.2 Å². The maximum absolute atomic E-state index is 13.0. The topological polar surface area (TPSA) is 89.4 Å². The number of benzene rings is 1. The maximum atomic E-state index is 13.0. The van der Waals surface area contributed by atoms with Gasteiger partial charge in [0.05, 0.1) is 5.69 Å². The fourth-order valence-electron chi connectivity index (χ4n) is 1.79. The SMILES string of the molecule is Cc1cc(C(=O)N(CCC(N)=O)c2ccc(F)cc2)on1. The summed E-state index contributed by atoms with van der Waals surface area (Å²) in [5.74, 6) is -1.38. The van der Waals surface area contributed by atoms with Gasteiger partial charge in [-0.15, -0.1) is 0 Å². The largest absolute Gasteiger partial charge is 0.370 e. The normalized spacial score (nSPS) is 10.4. The Morgan fingerprint density at radius 1 is 1.33 bits per heavy atom. The van der Waals surface area contributed by atoms with Gasteiger partial charge in [-0.3, -0.25) is 9.59 Å². The number of primary amides is 1. The lowest BCUT2D eigenvalue weighted by atomic mass is 10.2. The number of amides is 2. The van der Waals surface area contributed by atoms with Crippen LogP contribution in [0.25, 0.3) is 0 Å². The second kappa shape index (κ2) is 6.17. The lowest BCUT2D eigenvalue weighted by Gasteiger charge is -2.20. The van der Waals surface area contributed by atoms with Crippen LogP contribution in [0, 0.1) is 12.7 Å². The molecule has 0 atom stereocenters. The van der Waals surface area contributed by atoms with E-state index in [1.54, 1.807) is 6.92 Å². The van der Waals surface area contributed by atoms with Crippen LogP contribution in [0.1, 0.15) is 22.7 Å². The number of nitrogens with zero attached hydrogens (tertiary/aromatic N) is 2. The first-order chi connectivity index (χ1) is 9.97. The predicted molar refractivity (Wildman–Crippen MR) is 73.1 cm³/mol.